The van der Waals surface area contributed by atoms with Crippen LogP contribution in [0.4, 0.5) is 24.5 Å². The van der Waals surface area contributed by atoms with Gasteiger partial charge in [-0.05, 0) is 49.4 Å². The number of carbonyl (C=O) groups excluding carboxylic acids is 3. The molecule has 2 aromatic rings. The number of esters is 1. The summed E-state index contributed by atoms with van der Waals surface area (Å²) in [6.07, 6.45) is -6.12. The highest BCUT2D eigenvalue weighted by atomic mass is 32.2. The third-order valence-corrected chi connectivity index (χ3v) is 5.99. The van der Waals surface area contributed by atoms with Crippen molar-refractivity contribution in [3.63, 3.8) is 0 Å². The Morgan fingerprint density at radius 3 is 2.41 bits per heavy atom. The fourth-order valence-corrected chi connectivity index (χ4v) is 3.78. The molecule has 13 heteroatoms. The standard InChI is InChI=1S/C21H20F3N3O6S/c1-12(19(29)26-15-5-7-17(8-6-15)34(25,31)32)33-20(30)13-9-18(28)27(11-13)16-4-2-3-14(10-16)21(22,23)24/h2-8,10,12-13H,9,11H2,1H3,(H,26,29)(H2,25,31,32). The van der Waals surface area contributed by atoms with Crippen molar-refractivity contribution in [2.24, 2.45) is 11.1 Å². The van der Waals surface area contributed by atoms with Crippen LogP contribution >= 0.6 is 0 Å². The molecule has 9 nitrogen and oxygen atoms in total. The Morgan fingerprint density at radius 1 is 1.18 bits per heavy atom. The van der Waals surface area contributed by atoms with Gasteiger partial charge in [-0.15, -0.1) is 0 Å². The van der Waals surface area contributed by atoms with Crippen LogP contribution in [-0.4, -0.2) is 38.9 Å². The Labute approximate surface area is 192 Å². The van der Waals surface area contributed by atoms with E-state index in [1.165, 1.54) is 43.3 Å². The molecule has 0 bridgehead atoms. The van der Waals surface area contributed by atoms with E-state index in [2.05, 4.69) is 5.32 Å². The molecule has 1 aliphatic heterocycles. The van der Waals surface area contributed by atoms with Crippen LogP contribution < -0.4 is 15.4 Å². The second-order valence-electron chi connectivity index (χ2n) is 7.59. The number of sulfonamides is 1. The summed E-state index contributed by atoms with van der Waals surface area (Å²) in [4.78, 5) is 38.0. The molecule has 1 heterocycles. The number of nitrogens with two attached hydrogens (primary N) is 1. The van der Waals surface area contributed by atoms with Crippen molar-refractivity contribution in [1.82, 2.24) is 0 Å². The Bertz CT molecular complexity index is 1220. The average molecular weight is 499 g/mol. The molecular weight excluding hydrogens is 479 g/mol. The Hall–Kier alpha value is -3.45. The number of rotatable bonds is 6. The number of hydrogen-bond donors (Lipinski definition) is 2. The summed E-state index contributed by atoms with van der Waals surface area (Å²) in [6.45, 7) is 1.11. The largest absolute Gasteiger partial charge is 0.452 e. The highest BCUT2D eigenvalue weighted by Gasteiger charge is 2.38. The lowest BCUT2D eigenvalue weighted by Gasteiger charge is -2.19. The monoisotopic (exact) mass is 499 g/mol. The van der Waals surface area contributed by atoms with E-state index in [-0.39, 0.29) is 29.2 Å². The lowest BCUT2D eigenvalue weighted by atomic mass is 10.1. The van der Waals surface area contributed by atoms with Gasteiger partial charge in [-0.25, -0.2) is 13.6 Å². The van der Waals surface area contributed by atoms with E-state index in [0.717, 1.165) is 17.0 Å². The first-order valence-corrected chi connectivity index (χ1v) is 11.4. The third kappa shape index (κ3) is 5.91. The molecular formula is C21H20F3N3O6S. The van der Waals surface area contributed by atoms with E-state index in [0.29, 0.717) is 0 Å². The number of nitrogens with zero attached hydrogens (tertiary/aromatic N) is 1. The topological polar surface area (TPSA) is 136 Å². The lowest BCUT2D eigenvalue weighted by molar-refractivity contribution is -0.157. The molecule has 0 radical (unpaired) electrons. The minimum absolute atomic E-state index is 0.00357. The molecule has 0 aliphatic carbocycles. The second-order valence-corrected chi connectivity index (χ2v) is 9.15. The predicted molar refractivity (Wildman–Crippen MR) is 114 cm³/mol. The van der Waals surface area contributed by atoms with E-state index >= 15 is 0 Å². The Morgan fingerprint density at radius 2 is 1.82 bits per heavy atom. The normalized spacial score (nSPS) is 17.4. The maximum atomic E-state index is 13.0. The molecule has 0 saturated carbocycles. The highest BCUT2D eigenvalue weighted by molar-refractivity contribution is 7.89. The number of primary sulfonamides is 1. The molecule has 2 atom stereocenters. The van der Waals surface area contributed by atoms with Crippen molar-refractivity contribution in [1.29, 1.82) is 0 Å². The smallest absolute Gasteiger partial charge is 0.416 e. The first-order chi connectivity index (χ1) is 15.8. The van der Waals surface area contributed by atoms with Gasteiger partial charge in [0.05, 0.1) is 16.4 Å². The molecule has 0 aromatic heterocycles. The summed E-state index contributed by atoms with van der Waals surface area (Å²) in [5.74, 6) is -3.08. The molecule has 34 heavy (non-hydrogen) atoms. The van der Waals surface area contributed by atoms with E-state index in [9.17, 15) is 36.0 Å². The van der Waals surface area contributed by atoms with Gasteiger partial charge in [0.25, 0.3) is 5.91 Å². The van der Waals surface area contributed by atoms with E-state index in [4.69, 9.17) is 9.88 Å². The number of carbonyl (C=O) groups is 3. The Kier molecular flexibility index (Phi) is 6.98. The number of hydrogen-bond acceptors (Lipinski definition) is 6. The third-order valence-electron chi connectivity index (χ3n) is 5.06. The average Bonchev–Trinajstić information content (AvgIpc) is 3.14. The molecule has 1 fully saturated rings. The van der Waals surface area contributed by atoms with Gasteiger partial charge in [0.1, 0.15) is 0 Å². The van der Waals surface area contributed by atoms with Gasteiger partial charge in [0.15, 0.2) is 6.10 Å². The van der Waals surface area contributed by atoms with Crippen molar-refractivity contribution in [2.75, 3.05) is 16.8 Å². The minimum atomic E-state index is -4.58. The molecule has 3 N–H and O–H groups in total. The zero-order chi connectivity index (χ0) is 25.3. The summed E-state index contributed by atoms with van der Waals surface area (Å²) >= 11 is 0. The molecule has 1 saturated heterocycles. The zero-order valence-corrected chi connectivity index (χ0v) is 18.5. The fraction of sp³-hybridized carbons (Fsp3) is 0.286. The molecule has 2 amide bonds. The highest BCUT2D eigenvalue weighted by Crippen LogP contribution is 2.33. The quantitative estimate of drug-likeness (QED) is 0.586. The number of alkyl halides is 3. The second kappa shape index (κ2) is 9.43. The summed E-state index contributed by atoms with van der Waals surface area (Å²) in [6, 6.07) is 9.17. The van der Waals surface area contributed by atoms with E-state index in [1.54, 1.807) is 0 Å². The SMILES string of the molecule is CC(OC(=O)C1CC(=O)N(c2cccc(C(F)(F)F)c2)C1)C(=O)Nc1ccc(S(N)(=O)=O)cc1. The van der Waals surface area contributed by atoms with Crippen LogP contribution in [-0.2, 0) is 35.3 Å². The van der Waals surface area contributed by atoms with Gasteiger partial charge in [0.2, 0.25) is 15.9 Å². The maximum Gasteiger partial charge on any atom is 0.416 e. The minimum Gasteiger partial charge on any atom is -0.452 e. The Balaban J connectivity index is 1.60. The summed E-state index contributed by atoms with van der Waals surface area (Å²) in [5, 5.41) is 7.45. The number of nitrogens with one attached hydrogen (secondary N) is 1. The number of amides is 2. The van der Waals surface area contributed by atoms with Crippen molar-refractivity contribution in [2.45, 2.75) is 30.5 Å². The van der Waals surface area contributed by atoms with Crippen LogP contribution in [0.25, 0.3) is 0 Å². The van der Waals surface area contributed by atoms with Crippen molar-refractivity contribution >= 4 is 39.2 Å². The fourth-order valence-electron chi connectivity index (χ4n) is 3.26. The van der Waals surface area contributed by atoms with Crippen LogP contribution in [0.3, 0.4) is 0 Å². The van der Waals surface area contributed by atoms with Gasteiger partial charge in [-0.2, -0.15) is 13.2 Å². The van der Waals surface area contributed by atoms with E-state index < -0.39 is 51.6 Å². The molecule has 182 valence electrons. The van der Waals surface area contributed by atoms with Gasteiger partial charge < -0.3 is 15.0 Å². The van der Waals surface area contributed by atoms with Gasteiger partial charge in [-0.3, -0.25) is 14.4 Å². The van der Waals surface area contributed by atoms with Crippen molar-refractivity contribution in [3.05, 3.63) is 54.1 Å². The maximum absolute atomic E-state index is 13.0. The van der Waals surface area contributed by atoms with Gasteiger partial charge in [0, 0.05) is 24.3 Å². The molecule has 0 spiro atoms. The van der Waals surface area contributed by atoms with Crippen LogP contribution in [0.2, 0.25) is 0 Å². The van der Waals surface area contributed by atoms with Gasteiger partial charge in [-0.1, -0.05) is 6.07 Å². The predicted octanol–water partition coefficient (Wildman–Crippen LogP) is 2.28. The van der Waals surface area contributed by atoms with Crippen molar-refractivity contribution < 1.29 is 40.7 Å². The first kappa shape index (κ1) is 25.2. The van der Waals surface area contributed by atoms with Crippen molar-refractivity contribution in [3.8, 4) is 0 Å². The van der Waals surface area contributed by atoms with Crippen LogP contribution in [0.1, 0.15) is 18.9 Å². The van der Waals surface area contributed by atoms with Crippen LogP contribution in [0, 0.1) is 5.92 Å². The molecule has 1 aliphatic rings. The molecule has 2 unspecified atom stereocenters. The number of halogens is 3. The van der Waals surface area contributed by atoms with Crippen LogP contribution in [0.15, 0.2) is 53.4 Å². The van der Waals surface area contributed by atoms with E-state index in [1.807, 2.05) is 0 Å². The number of benzene rings is 2. The lowest BCUT2D eigenvalue weighted by Crippen LogP contribution is -2.33. The summed E-state index contributed by atoms with van der Waals surface area (Å²) in [5.41, 5.74) is -0.692. The summed E-state index contributed by atoms with van der Waals surface area (Å²) < 4.78 is 66.5. The zero-order valence-electron chi connectivity index (χ0n) is 17.7. The molecule has 3 rings (SSSR count). The summed E-state index contributed by atoms with van der Waals surface area (Å²) in [7, 11) is -3.90. The number of anilines is 2. The van der Waals surface area contributed by atoms with Gasteiger partial charge >= 0.3 is 12.1 Å². The number of ether oxygens (including phenoxy) is 1. The first-order valence-electron chi connectivity index (χ1n) is 9.87. The van der Waals surface area contributed by atoms with Crippen LogP contribution in [0.5, 0.6) is 0 Å². The molecule has 2 aromatic carbocycles.